The molecule has 0 saturated heterocycles. The van der Waals surface area contributed by atoms with Crippen LogP contribution in [-0.4, -0.2) is 15.9 Å². The summed E-state index contributed by atoms with van der Waals surface area (Å²) in [6, 6.07) is 9.17. The normalized spacial score (nSPS) is 11.0. The van der Waals surface area contributed by atoms with E-state index in [1.165, 1.54) is 48.5 Å². The number of benzene rings is 2. The Morgan fingerprint density at radius 1 is 0.708 bits per heavy atom. The third-order valence-corrected chi connectivity index (χ3v) is 2.62. The molecular formula is C13H8N6O5. The minimum absolute atomic E-state index is 0.113. The standard InChI is InChI=1S/C13H8N6O5/c20-13(16-14-9-1-5-11(6-2-9)18(21)22)17-15-10-3-7-12(8-4-10)19(23)24/h1-8H. The Hall–Kier alpha value is -3.89. The number of nitrogens with zero attached hydrogens (tertiary/aromatic N) is 6. The van der Waals surface area contributed by atoms with Crippen molar-refractivity contribution in [3.05, 3.63) is 68.8 Å². The Labute approximate surface area is 133 Å². The second kappa shape index (κ2) is 7.40. The summed E-state index contributed by atoms with van der Waals surface area (Å²) >= 11 is 0. The summed E-state index contributed by atoms with van der Waals surface area (Å²) in [7, 11) is 0. The highest BCUT2D eigenvalue weighted by Gasteiger charge is 2.05. The molecular weight excluding hydrogens is 320 g/mol. The molecule has 0 aromatic heterocycles. The van der Waals surface area contributed by atoms with Gasteiger partial charge in [-0.05, 0) is 24.3 Å². The van der Waals surface area contributed by atoms with Gasteiger partial charge in [0.2, 0.25) is 0 Å². The first-order chi connectivity index (χ1) is 11.5. The number of carbonyl (C=O) groups is 1. The lowest BCUT2D eigenvalue weighted by atomic mass is 10.3. The van der Waals surface area contributed by atoms with Gasteiger partial charge >= 0.3 is 6.03 Å². The molecule has 24 heavy (non-hydrogen) atoms. The number of rotatable bonds is 4. The van der Waals surface area contributed by atoms with E-state index in [2.05, 4.69) is 20.5 Å². The van der Waals surface area contributed by atoms with Crippen molar-refractivity contribution in [3.8, 4) is 0 Å². The Bertz CT molecular complexity index is 759. The molecule has 2 aromatic rings. The molecule has 2 aromatic carbocycles. The number of azo groups is 2. The van der Waals surface area contributed by atoms with Gasteiger partial charge in [0, 0.05) is 24.3 Å². The van der Waals surface area contributed by atoms with Crippen LogP contribution in [0.1, 0.15) is 0 Å². The maximum Gasteiger partial charge on any atom is 0.404 e. The van der Waals surface area contributed by atoms with Crippen molar-refractivity contribution in [1.29, 1.82) is 0 Å². The average Bonchev–Trinajstić information content (AvgIpc) is 2.58. The van der Waals surface area contributed by atoms with Gasteiger partial charge in [0.1, 0.15) is 0 Å². The maximum atomic E-state index is 11.4. The molecule has 11 nitrogen and oxygen atoms in total. The topological polar surface area (TPSA) is 153 Å². The average molecular weight is 328 g/mol. The monoisotopic (exact) mass is 328 g/mol. The fraction of sp³-hybridized carbons (Fsp3) is 0. The van der Waals surface area contributed by atoms with E-state index in [1.807, 2.05) is 0 Å². The molecule has 0 heterocycles. The third-order valence-electron chi connectivity index (χ3n) is 2.62. The van der Waals surface area contributed by atoms with Gasteiger partial charge in [-0.25, -0.2) is 4.79 Å². The minimum Gasteiger partial charge on any atom is -0.258 e. The van der Waals surface area contributed by atoms with Crippen molar-refractivity contribution in [2.45, 2.75) is 0 Å². The Morgan fingerprint density at radius 2 is 1.04 bits per heavy atom. The van der Waals surface area contributed by atoms with Crippen LogP contribution < -0.4 is 0 Å². The molecule has 2 rings (SSSR count). The molecule has 0 aliphatic carbocycles. The predicted molar refractivity (Wildman–Crippen MR) is 80.6 cm³/mol. The summed E-state index contributed by atoms with van der Waals surface area (Å²) in [5.74, 6) is 0. The zero-order valence-electron chi connectivity index (χ0n) is 11.8. The fourth-order valence-corrected chi connectivity index (χ4v) is 1.50. The SMILES string of the molecule is O=C(N=Nc1ccc([N+](=O)[O-])cc1)N=Nc1ccc([N+](=O)[O-])cc1. The number of urea groups is 1. The molecule has 0 N–H and O–H groups in total. The summed E-state index contributed by atoms with van der Waals surface area (Å²) < 4.78 is 0. The Morgan fingerprint density at radius 3 is 1.33 bits per heavy atom. The van der Waals surface area contributed by atoms with Crippen LogP contribution >= 0.6 is 0 Å². The van der Waals surface area contributed by atoms with Crippen molar-refractivity contribution in [2.75, 3.05) is 0 Å². The molecule has 0 bridgehead atoms. The molecule has 0 spiro atoms. The summed E-state index contributed by atoms with van der Waals surface area (Å²) in [5, 5.41) is 34.7. The van der Waals surface area contributed by atoms with Gasteiger partial charge < -0.3 is 0 Å². The highest BCUT2D eigenvalue weighted by atomic mass is 16.6. The molecule has 0 fully saturated rings. The van der Waals surface area contributed by atoms with Gasteiger partial charge in [-0.15, -0.1) is 10.2 Å². The van der Waals surface area contributed by atoms with Gasteiger partial charge in [0.25, 0.3) is 11.4 Å². The predicted octanol–water partition coefficient (Wildman–Crippen LogP) is 4.49. The van der Waals surface area contributed by atoms with Crippen LogP contribution in [0, 0.1) is 20.2 Å². The number of nitro groups is 2. The summed E-state index contributed by atoms with van der Waals surface area (Å²) in [5.41, 5.74) is 0.246. The molecule has 0 unspecified atom stereocenters. The van der Waals surface area contributed by atoms with Crippen molar-refractivity contribution >= 4 is 28.8 Å². The summed E-state index contributed by atoms with van der Waals surface area (Å²) in [4.78, 5) is 31.3. The second-order valence-corrected chi connectivity index (χ2v) is 4.23. The number of nitro benzene ring substituents is 2. The summed E-state index contributed by atoms with van der Waals surface area (Å²) in [6.45, 7) is 0. The third kappa shape index (κ3) is 4.56. The lowest BCUT2D eigenvalue weighted by Crippen LogP contribution is -1.86. The van der Waals surface area contributed by atoms with E-state index in [9.17, 15) is 25.0 Å². The molecule has 0 aliphatic heterocycles. The highest BCUT2D eigenvalue weighted by Crippen LogP contribution is 2.19. The van der Waals surface area contributed by atoms with Crippen LogP contribution in [0.3, 0.4) is 0 Å². The van der Waals surface area contributed by atoms with E-state index in [1.54, 1.807) is 0 Å². The van der Waals surface area contributed by atoms with E-state index in [0.717, 1.165) is 0 Å². The van der Waals surface area contributed by atoms with Gasteiger partial charge in [0.05, 0.1) is 21.2 Å². The van der Waals surface area contributed by atoms with Crippen molar-refractivity contribution < 1.29 is 14.6 Å². The first-order valence-electron chi connectivity index (χ1n) is 6.32. The molecule has 0 saturated carbocycles. The number of carbonyl (C=O) groups excluding carboxylic acids is 1. The van der Waals surface area contributed by atoms with E-state index in [0.29, 0.717) is 0 Å². The maximum absolute atomic E-state index is 11.4. The Balaban J connectivity index is 1.98. The van der Waals surface area contributed by atoms with Gasteiger partial charge in [-0.2, -0.15) is 0 Å². The smallest absolute Gasteiger partial charge is 0.258 e. The van der Waals surface area contributed by atoms with Gasteiger partial charge in [0.15, 0.2) is 0 Å². The molecule has 0 radical (unpaired) electrons. The van der Waals surface area contributed by atoms with Gasteiger partial charge in [-0.3, -0.25) is 20.2 Å². The molecule has 120 valence electrons. The second-order valence-electron chi connectivity index (χ2n) is 4.23. The largest absolute Gasteiger partial charge is 0.404 e. The number of amides is 2. The first-order valence-corrected chi connectivity index (χ1v) is 6.32. The number of hydrogen-bond acceptors (Lipinski definition) is 7. The lowest BCUT2D eigenvalue weighted by molar-refractivity contribution is -0.385. The molecule has 11 heteroatoms. The van der Waals surface area contributed by atoms with Crippen LogP contribution in [-0.2, 0) is 0 Å². The highest BCUT2D eigenvalue weighted by molar-refractivity contribution is 5.75. The lowest BCUT2D eigenvalue weighted by Gasteiger charge is -1.92. The Kier molecular flexibility index (Phi) is 5.08. The van der Waals surface area contributed by atoms with Gasteiger partial charge in [-0.1, -0.05) is 10.2 Å². The van der Waals surface area contributed by atoms with E-state index in [-0.39, 0.29) is 22.7 Å². The van der Waals surface area contributed by atoms with E-state index in [4.69, 9.17) is 0 Å². The number of hydrogen-bond donors (Lipinski definition) is 0. The minimum atomic E-state index is -0.994. The number of non-ortho nitro benzene ring substituents is 2. The van der Waals surface area contributed by atoms with Crippen molar-refractivity contribution in [3.63, 3.8) is 0 Å². The fourth-order valence-electron chi connectivity index (χ4n) is 1.50. The van der Waals surface area contributed by atoms with E-state index < -0.39 is 15.9 Å². The zero-order valence-corrected chi connectivity index (χ0v) is 11.8. The van der Waals surface area contributed by atoms with Crippen LogP contribution in [0.15, 0.2) is 69.0 Å². The van der Waals surface area contributed by atoms with E-state index >= 15 is 0 Å². The zero-order chi connectivity index (χ0) is 17.5. The van der Waals surface area contributed by atoms with Crippen LogP contribution in [0.2, 0.25) is 0 Å². The van der Waals surface area contributed by atoms with Crippen LogP contribution in [0.4, 0.5) is 27.5 Å². The quantitative estimate of drug-likeness (QED) is 0.459. The van der Waals surface area contributed by atoms with Crippen LogP contribution in [0.5, 0.6) is 0 Å². The van der Waals surface area contributed by atoms with Crippen LogP contribution in [0.25, 0.3) is 0 Å². The molecule has 0 aliphatic rings. The van der Waals surface area contributed by atoms with Crippen molar-refractivity contribution in [2.24, 2.45) is 20.5 Å². The van der Waals surface area contributed by atoms with Crippen molar-refractivity contribution in [1.82, 2.24) is 0 Å². The summed E-state index contributed by atoms with van der Waals surface area (Å²) in [6.07, 6.45) is 0. The molecule has 2 amide bonds. The first kappa shape index (κ1) is 16.5. The molecule has 0 atom stereocenters.